The molecule has 0 amide bonds. The Morgan fingerprint density at radius 3 is 1.68 bits per heavy atom. The minimum absolute atomic E-state index is 0.0278. The third-order valence-electron chi connectivity index (χ3n) is 19.8. The van der Waals surface area contributed by atoms with Gasteiger partial charge >= 0.3 is 37.7 Å². The van der Waals surface area contributed by atoms with Crippen molar-refractivity contribution in [1.29, 1.82) is 0 Å². The highest BCUT2D eigenvalue weighted by Crippen LogP contribution is 2.51. The Labute approximate surface area is 580 Å². The molecule has 7 aromatic carbocycles. The van der Waals surface area contributed by atoms with E-state index in [0.29, 0.717) is 27.5 Å². The quantitative estimate of drug-likeness (QED) is 0.0189. The SMILES string of the molecule is CCOC(=O)C1=C(C)/C(=C(\c2c(OCC3CCCCC3)cc(OC(=O)Cc3ccc(-n4c(=O)c5cc(-c6ccc(C(F)(F)F)cc6)c6oc7ccccc7c7c(-c8ccc(C(F)(F)F)cc8)cc(c4=O)c5c67)cc3)cc2OCC2CCCCC2)c2c(C)c(C(=O)OCC)c(C)n2B(F)F)N=C1C. The van der Waals surface area contributed by atoms with Gasteiger partial charge in [-0.3, -0.25) is 28.0 Å². The van der Waals surface area contributed by atoms with Crippen molar-refractivity contribution in [1.82, 2.24) is 9.05 Å². The first-order chi connectivity index (χ1) is 48.8. The van der Waals surface area contributed by atoms with Gasteiger partial charge in [0.05, 0.1) is 77.8 Å². The number of para-hydroxylation sites is 1. The molecule has 3 aliphatic rings. The van der Waals surface area contributed by atoms with Crippen LogP contribution in [-0.2, 0) is 37.8 Å². The van der Waals surface area contributed by atoms with E-state index in [9.17, 15) is 40.7 Å². The lowest BCUT2D eigenvalue weighted by atomic mass is 9.87. The van der Waals surface area contributed by atoms with E-state index in [4.69, 9.17) is 33.1 Å². The molecule has 13 rings (SSSR count). The summed E-state index contributed by atoms with van der Waals surface area (Å²) < 4.78 is 156. The van der Waals surface area contributed by atoms with Gasteiger partial charge in [-0.15, -0.1) is 0 Å². The first-order valence-corrected chi connectivity index (χ1v) is 34.1. The lowest BCUT2D eigenvalue weighted by molar-refractivity contribution is -0.138. The van der Waals surface area contributed by atoms with Gasteiger partial charge < -0.3 is 32.6 Å². The van der Waals surface area contributed by atoms with Crippen molar-refractivity contribution >= 4 is 80.1 Å². The number of rotatable bonds is 19. The smallest absolute Gasteiger partial charge is 0.492 e. The largest absolute Gasteiger partial charge is 0.677 e. The molecule has 2 saturated carbocycles. The fraction of sp³-hybridized carbons (Fsp3) is 0.316. The van der Waals surface area contributed by atoms with Gasteiger partial charge in [-0.05, 0) is 167 Å². The summed E-state index contributed by atoms with van der Waals surface area (Å²) in [6, 6.07) is 27.2. The number of nitrogens with zero attached hydrogens (tertiary/aromatic N) is 3. The maximum Gasteiger partial charge on any atom is 0.677 e. The van der Waals surface area contributed by atoms with E-state index in [1.165, 1.54) is 86.6 Å². The molecule has 4 heterocycles. The molecule has 2 fully saturated rings. The molecule has 14 nitrogen and oxygen atoms in total. The predicted octanol–water partition coefficient (Wildman–Crippen LogP) is 18.8. The summed E-state index contributed by atoms with van der Waals surface area (Å²) in [5, 5.41) is 1.16. The molecule has 10 aromatic rings. The Balaban J connectivity index is 0.937. The van der Waals surface area contributed by atoms with Crippen LogP contribution in [-0.4, -0.2) is 66.5 Å². The van der Waals surface area contributed by atoms with Gasteiger partial charge in [-0.1, -0.05) is 93.1 Å². The number of aromatic nitrogens is 2. The van der Waals surface area contributed by atoms with Crippen molar-refractivity contribution in [3.8, 4) is 45.2 Å². The molecule has 3 aromatic heterocycles. The number of aliphatic imine (C=N–C) groups is 1. The van der Waals surface area contributed by atoms with Gasteiger partial charge in [0.25, 0.3) is 11.1 Å². The Morgan fingerprint density at radius 1 is 0.608 bits per heavy atom. The van der Waals surface area contributed by atoms with E-state index in [2.05, 4.69) is 0 Å². The normalized spacial score (nSPS) is 15.4. The fourth-order valence-corrected chi connectivity index (χ4v) is 14.9. The Bertz CT molecular complexity index is 5110. The highest BCUT2D eigenvalue weighted by molar-refractivity contribution is 6.42. The lowest BCUT2D eigenvalue weighted by Gasteiger charge is -2.27. The van der Waals surface area contributed by atoms with Crippen molar-refractivity contribution in [3.05, 3.63) is 204 Å². The number of alkyl halides is 6. The lowest BCUT2D eigenvalue weighted by Crippen LogP contribution is -2.32. The zero-order chi connectivity index (χ0) is 72.2. The van der Waals surface area contributed by atoms with Crippen molar-refractivity contribution in [2.24, 2.45) is 16.8 Å². The summed E-state index contributed by atoms with van der Waals surface area (Å²) in [4.78, 5) is 77.9. The fourth-order valence-electron chi connectivity index (χ4n) is 14.9. The number of halogens is 8. The van der Waals surface area contributed by atoms with Crippen molar-refractivity contribution < 1.29 is 77.5 Å². The van der Waals surface area contributed by atoms with Crippen LogP contribution < -0.4 is 25.3 Å². The van der Waals surface area contributed by atoms with Gasteiger partial charge in [0.15, 0.2) is 0 Å². The van der Waals surface area contributed by atoms with Crippen molar-refractivity contribution in [3.63, 3.8) is 0 Å². The molecule has 1 aliphatic heterocycles. The number of esters is 3. The number of allylic oxidation sites excluding steroid dienone is 1. The Morgan fingerprint density at radius 2 is 1.14 bits per heavy atom. The standard InChI is InChI=1S/C79H70BF8N3O11/c1-7-97-76(95)64-42(3)71(89-44(64)5)70(72-43(4)65(77(96)98-8-2)45(6)91(72)80(87)88)68-61(99-40-47-17-11-9-12-18-47)36-54(37-62(68)100-41-48-19-13-10-14-20-48)101-63(92)35-46-23-33-53(34-24-46)90-74(93)58-38-56(49-25-29-51(30-26-49)78(81,82)83)66-55-21-15-16-22-60(55)102-73-57(39-59(75(90)94)67(58)69(66)73)50-27-31-52(32-28-50)79(84,85)86/h15-16,21-34,36-39,47-48H,7-14,17-20,35,40-41H2,1-6H3/b71-70-. The molecule has 0 unspecified atom stereocenters. The number of pyridine rings is 1. The van der Waals surface area contributed by atoms with Gasteiger partial charge in [-0.25, -0.2) is 14.2 Å². The molecular formula is C79H70BF8N3O11. The number of carbonyl (C=O) groups is 3. The highest BCUT2D eigenvalue weighted by Gasteiger charge is 2.40. The second-order valence-electron chi connectivity index (χ2n) is 26.3. The summed E-state index contributed by atoms with van der Waals surface area (Å²) in [6.45, 7) is 9.72. The van der Waals surface area contributed by atoms with E-state index >= 15 is 18.2 Å². The Hall–Kier alpha value is -10.3. The second-order valence-corrected chi connectivity index (χ2v) is 26.3. The summed E-state index contributed by atoms with van der Waals surface area (Å²) in [7, 11) is -3.23. The molecule has 0 radical (unpaired) electrons. The average Bonchev–Trinajstić information content (AvgIpc) is 1.36. The molecule has 526 valence electrons. The number of hydrogen-bond acceptors (Lipinski definition) is 12. The third kappa shape index (κ3) is 13.3. The highest BCUT2D eigenvalue weighted by atomic mass is 19.4. The van der Waals surface area contributed by atoms with Crippen molar-refractivity contribution in [2.45, 2.75) is 125 Å². The van der Waals surface area contributed by atoms with Crippen LogP contribution in [0.2, 0.25) is 0 Å². The van der Waals surface area contributed by atoms with Crippen LogP contribution in [0.25, 0.3) is 77.0 Å². The minimum Gasteiger partial charge on any atom is -0.492 e. The van der Waals surface area contributed by atoms with Gasteiger partial charge in [0, 0.05) is 67.0 Å². The average molecular weight is 1400 g/mol. The van der Waals surface area contributed by atoms with Gasteiger partial charge in [-0.2, -0.15) is 26.3 Å². The van der Waals surface area contributed by atoms with Crippen LogP contribution in [0.1, 0.15) is 141 Å². The molecule has 0 atom stereocenters. The first-order valence-electron chi connectivity index (χ1n) is 34.1. The number of fused-ring (bicyclic) bond motifs is 2. The van der Waals surface area contributed by atoms with E-state index < -0.39 is 66.3 Å². The summed E-state index contributed by atoms with van der Waals surface area (Å²) in [5.74, 6) is -2.12. The summed E-state index contributed by atoms with van der Waals surface area (Å²) in [5.41, 5.74) is -1.13. The second kappa shape index (κ2) is 28.3. The monoisotopic (exact) mass is 1400 g/mol. The number of ether oxygens (including phenoxy) is 5. The molecule has 0 N–H and O–H groups in total. The molecule has 0 spiro atoms. The predicted molar refractivity (Wildman–Crippen MR) is 374 cm³/mol. The van der Waals surface area contributed by atoms with Crippen LogP contribution >= 0.6 is 0 Å². The molecule has 0 bridgehead atoms. The maximum atomic E-state index is 16.1. The number of carbonyl (C=O) groups excluding carboxylic acids is 3. The van der Waals surface area contributed by atoms with Crippen LogP contribution in [0, 0.1) is 25.7 Å². The van der Waals surface area contributed by atoms with Crippen LogP contribution in [0.4, 0.5) is 35.0 Å². The molecule has 102 heavy (non-hydrogen) atoms. The van der Waals surface area contributed by atoms with Gasteiger partial charge in [0.1, 0.15) is 28.4 Å². The van der Waals surface area contributed by atoms with Gasteiger partial charge in [0.2, 0.25) is 0 Å². The molecular weight excluding hydrogens is 1330 g/mol. The first kappa shape index (κ1) is 70.1. The maximum absolute atomic E-state index is 16.1. The van der Waals surface area contributed by atoms with E-state index in [-0.39, 0.29) is 161 Å². The van der Waals surface area contributed by atoms with Crippen LogP contribution in [0.5, 0.6) is 17.2 Å². The summed E-state index contributed by atoms with van der Waals surface area (Å²) in [6.07, 6.45) is -0.585. The molecule has 0 saturated heterocycles. The van der Waals surface area contributed by atoms with Crippen LogP contribution in [0.3, 0.4) is 0 Å². The minimum atomic E-state index is -4.69. The molecule has 2 aliphatic carbocycles. The van der Waals surface area contributed by atoms with E-state index in [1.54, 1.807) is 52.0 Å². The van der Waals surface area contributed by atoms with Crippen molar-refractivity contribution in [2.75, 3.05) is 26.4 Å². The Kier molecular flexibility index (Phi) is 19.4. The zero-order valence-electron chi connectivity index (χ0n) is 56.7. The molecule has 23 heteroatoms. The topological polar surface area (TPSA) is 167 Å². The number of hydrogen-bond donors (Lipinski definition) is 0. The zero-order valence-corrected chi connectivity index (χ0v) is 56.7. The van der Waals surface area contributed by atoms with E-state index in [0.717, 1.165) is 97.5 Å². The van der Waals surface area contributed by atoms with E-state index in [1.807, 2.05) is 0 Å². The van der Waals surface area contributed by atoms with Crippen LogP contribution in [0.15, 0.2) is 157 Å². The number of benzene rings is 7. The summed E-state index contributed by atoms with van der Waals surface area (Å²) >= 11 is 0. The third-order valence-corrected chi connectivity index (χ3v) is 19.8.